The Kier molecular flexibility index (Phi) is 4.53. The molecule has 0 spiro atoms. The van der Waals surface area contributed by atoms with Crippen molar-refractivity contribution in [3.63, 3.8) is 0 Å². The Bertz CT molecular complexity index is 1030. The molecular formula is C20H15N3O4S. The SMILES string of the molecule is N#CC1C(=N)OC2=C(C(=O)CC(c3cccs3)C2)C1c1ccc([N+](=O)[O-])cc1. The van der Waals surface area contributed by atoms with Crippen LogP contribution in [-0.4, -0.2) is 16.6 Å². The van der Waals surface area contributed by atoms with E-state index in [1.54, 1.807) is 23.5 Å². The van der Waals surface area contributed by atoms with E-state index in [1.165, 1.54) is 12.1 Å². The zero-order valence-electron chi connectivity index (χ0n) is 14.6. The first kappa shape index (κ1) is 18.1. The number of allylic oxidation sites excluding steroid dienone is 2. The van der Waals surface area contributed by atoms with Crippen molar-refractivity contribution >= 4 is 28.7 Å². The van der Waals surface area contributed by atoms with Crippen LogP contribution in [0.4, 0.5) is 5.69 Å². The number of nitrogens with one attached hydrogen (secondary N) is 1. The predicted molar refractivity (Wildman–Crippen MR) is 102 cm³/mol. The number of ketones is 1. The number of thiophene rings is 1. The molecular weight excluding hydrogens is 378 g/mol. The van der Waals surface area contributed by atoms with Gasteiger partial charge >= 0.3 is 0 Å². The quantitative estimate of drug-likeness (QED) is 0.617. The van der Waals surface area contributed by atoms with E-state index >= 15 is 0 Å². The van der Waals surface area contributed by atoms with Crippen molar-refractivity contribution in [2.75, 3.05) is 0 Å². The lowest BCUT2D eigenvalue weighted by Gasteiger charge is -2.36. The average molecular weight is 393 g/mol. The smallest absolute Gasteiger partial charge is 0.269 e. The molecule has 3 atom stereocenters. The molecule has 1 aliphatic heterocycles. The molecule has 1 aromatic heterocycles. The highest BCUT2D eigenvalue weighted by Gasteiger charge is 2.44. The Morgan fingerprint density at radius 1 is 1.25 bits per heavy atom. The maximum absolute atomic E-state index is 13.0. The number of nitrogens with zero attached hydrogens (tertiary/aromatic N) is 2. The molecule has 0 saturated heterocycles. The summed E-state index contributed by atoms with van der Waals surface area (Å²) in [4.78, 5) is 24.6. The Hall–Kier alpha value is -3.31. The molecule has 0 bridgehead atoms. The molecule has 140 valence electrons. The van der Waals surface area contributed by atoms with Gasteiger partial charge in [0.15, 0.2) is 5.78 Å². The number of nitriles is 1. The van der Waals surface area contributed by atoms with E-state index in [4.69, 9.17) is 10.1 Å². The Morgan fingerprint density at radius 2 is 2.00 bits per heavy atom. The van der Waals surface area contributed by atoms with E-state index < -0.39 is 16.8 Å². The number of non-ortho nitro benzene ring substituents is 1. The fourth-order valence-electron chi connectivity index (χ4n) is 3.87. The van der Waals surface area contributed by atoms with Crippen LogP contribution in [0.1, 0.15) is 35.1 Å². The zero-order chi connectivity index (χ0) is 19.8. The van der Waals surface area contributed by atoms with Crippen molar-refractivity contribution in [1.29, 1.82) is 10.7 Å². The summed E-state index contributed by atoms with van der Waals surface area (Å²) >= 11 is 1.58. The number of carbonyl (C=O) groups excluding carboxylic acids is 1. The van der Waals surface area contributed by atoms with Crippen LogP contribution in [0.15, 0.2) is 53.1 Å². The number of nitro benzene ring substituents is 1. The number of benzene rings is 1. The largest absolute Gasteiger partial charge is 0.446 e. The number of carbonyl (C=O) groups is 1. The second-order valence-electron chi connectivity index (χ2n) is 6.78. The molecule has 1 N–H and O–H groups in total. The van der Waals surface area contributed by atoms with E-state index in [0.717, 1.165) is 4.88 Å². The van der Waals surface area contributed by atoms with Crippen molar-refractivity contribution in [3.05, 3.63) is 73.7 Å². The summed E-state index contributed by atoms with van der Waals surface area (Å²) in [6, 6.07) is 11.8. The van der Waals surface area contributed by atoms with Gasteiger partial charge in [-0.05, 0) is 17.0 Å². The summed E-state index contributed by atoms with van der Waals surface area (Å²) in [6.45, 7) is 0. The molecule has 7 nitrogen and oxygen atoms in total. The third kappa shape index (κ3) is 3.00. The van der Waals surface area contributed by atoms with Crippen molar-refractivity contribution in [2.24, 2.45) is 5.92 Å². The minimum Gasteiger partial charge on any atom is -0.446 e. The van der Waals surface area contributed by atoms with Gasteiger partial charge in [0.25, 0.3) is 5.69 Å². The minimum atomic E-state index is -0.942. The molecule has 0 saturated carbocycles. The summed E-state index contributed by atoms with van der Waals surface area (Å²) < 4.78 is 5.62. The topological polar surface area (TPSA) is 117 Å². The summed E-state index contributed by atoms with van der Waals surface area (Å²) in [7, 11) is 0. The van der Waals surface area contributed by atoms with E-state index in [0.29, 0.717) is 29.7 Å². The molecule has 4 rings (SSSR count). The third-order valence-electron chi connectivity index (χ3n) is 5.17. The Labute approximate surface area is 164 Å². The van der Waals surface area contributed by atoms with Gasteiger partial charge in [-0.2, -0.15) is 5.26 Å². The van der Waals surface area contributed by atoms with Crippen LogP contribution in [0, 0.1) is 32.8 Å². The van der Waals surface area contributed by atoms with E-state index in [1.807, 2.05) is 17.5 Å². The molecule has 0 fully saturated rings. The highest BCUT2D eigenvalue weighted by atomic mass is 32.1. The molecule has 1 aliphatic carbocycles. The number of rotatable bonds is 3. The normalized spacial score (nSPS) is 24.3. The van der Waals surface area contributed by atoms with Crippen LogP contribution >= 0.6 is 11.3 Å². The lowest BCUT2D eigenvalue weighted by Crippen LogP contribution is -2.36. The van der Waals surface area contributed by atoms with Crippen LogP contribution < -0.4 is 0 Å². The van der Waals surface area contributed by atoms with Crippen LogP contribution in [0.3, 0.4) is 0 Å². The molecule has 28 heavy (non-hydrogen) atoms. The van der Waals surface area contributed by atoms with E-state index in [-0.39, 0.29) is 23.3 Å². The highest BCUT2D eigenvalue weighted by Crippen LogP contribution is 2.47. The van der Waals surface area contributed by atoms with Gasteiger partial charge in [0.1, 0.15) is 11.7 Å². The number of Topliss-reactive ketones (excluding diaryl/α,β-unsaturated/α-hetero) is 1. The van der Waals surface area contributed by atoms with Crippen molar-refractivity contribution in [1.82, 2.24) is 0 Å². The van der Waals surface area contributed by atoms with Crippen LogP contribution in [0.5, 0.6) is 0 Å². The maximum atomic E-state index is 13.0. The van der Waals surface area contributed by atoms with Gasteiger partial charge in [0.2, 0.25) is 5.90 Å². The standard InChI is InChI=1S/C20H15N3O4S/c21-10-14-18(11-3-5-13(6-4-11)23(25)26)19-15(24)8-12(17-2-1-7-28-17)9-16(19)27-20(14)22/h1-7,12,14,18,22H,8-9H2. The Balaban J connectivity index is 1.78. The van der Waals surface area contributed by atoms with Gasteiger partial charge in [-0.15, -0.1) is 11.3 Å². The highest BCUT2D eigenvalue weighted by molar-refractivity contribution is 7.10. The summed E-state index contributed by atoms with van der Waals surface area (Å²) in [5.41, 5.74) is 0.950. The van der Waals surface area contributed by atoms with Crippen molar-refractivity contribution in [2.45, 2.75) is 24.7 Å². The van der Waals surface area contributed by atoms with Gasteiger partial charge in [-0.1, -0.05) is 18.2 Å². The number of nitro groups is 1. The number of hydrogen-bond donors (Lipinski definition) is 1. The van der Waals surface area contributed by atoms with Crippen LogP contribution in [-0.2, 0) is 9.53 Å². The predicted octanol–water partition coefficient (Wildman–Crippen LogP) is 4.29. The summed E-state index contributed by atoms with van der Waals surface area (Å²) in [5.74, 6) is -1.45. The first-order valence-electron chi connectivity index (χ1n) is 8.69. The lowest BCUT2D eigenvalue weighted by molar-refractivity contribution is -0.384. The molecule has 1 aromatic carbocycles. The molecule has 2 heterocycles. The fraction of sp³-hybridized carbons (Fsp3) is 0.250. The number of ether oxygens (including phenoxy) is 1. The molecule has 2 aliphatic rings. The zero-order valence-corrected chi connectivity index (χ0v) is 15.4. The lowest BCUT2D eigenvalue weighted by atomic mass is 9.72. The molecule has 0 amide bonds. The molecule has 3 unspecified atom stereocenters. The van der Waals surface area contributed by atoms with Gasteiger partial charge in [0.05, 0.1) is 11.0 Å². The number of hydrogen-bond acceptors (Lipinski definition) is 7. The molecule has 2 aromatic rings. The van der Waals surface area contributed by atoms with Gasteiger partial charge < -0.3 is 4.74 Å². The maximum Gasteiger partial charge on any atom is 0.269 e. The third-order valence-corrected chi connectivity index (χ3v) is 6.21. The van der Waals surface area contributed by atoms with Crippen molar-refractivity contribution in [3.8, 4) is 6.07 Å². The molecule has 8 heteroatoms. The first-order chi connectivity index (χ1) is 13.5. The van der Waals surface area contributed by atoms with Crippen LogP contribution in [0.2, 0.25) is 0 Å². The fourth-order valence-corrected chi connectivity index (χ4v) is 4.70. The van der Waals surface area contributed by atoms with Gasteiger partial charge in [0, 0.05) is 47.3 Å². The summed E-state index contributed by atoms with van der Waals surface area (Å²) in [5, 5.41) is 30.7. The van der Waals surface area contributed by atoms with Crippen molar-refractivity contribution < 1.29 is 14.5 Å². The summed E-state index contributed by atoms with van der Waals surface area (Å²) in [6.07, 6.45) is 0.809. The first-order valence-corrected chi connectivity index (χ1v) is 9.57. The second kappa shape index (κ2) is 7.02. The second-order valence-corrected chi connectivity index (χ2v) is 7.76. The minimum absolute atomic E-state index is 0.00445. The monoisotopic (exact) mass is 393 g/mol. The Morgan fingerprint density at radius 3 is 2.61 bits per heavy atom. The van der Waals surface area contributed by atoms with Crippen LogP contribution in [0.25, 0.3) is 0 Å². The molecule has 0 radical (unpaired) electrons. The van der Waals surface area contributed by atoms with E-state index in [2.05, 4.69) is 6.07 Å². The average Bonchev–Trinajstić information content (AvgIpc) is 3.21. The van der Waals surface area contributed by atoms with Gasteiger partial charge in [-0.25, -0.2) is 0 Å². The van der Waals surface area contributed by atoms with E-state index in [9.17, 15) is 20.2 Å². The van der Waals surface area contributed by atoms with Gasteiger partial charge in [-0.3, -0.25) is 20.3 Å².